The number of phenolic OH excluding ortho intramolecular Hbond substituents is 1. The van der Waals surface area contributed by atoms with Crippen LogP contribution in [0, 0.1) is 5.92 Å². The fraction of sp³-hybridized carbons (Fsp3) is 0.552. The van der Waals surface area contributed by atoms with Crippen LogP contribution >= 0.6 is 0 Å². The third-order valence-electron chi connectivity index (χ3n) is 9.45. The van der Waals surface area contributed by atoms with Gasteiger partial charge in [0.15, 0.2) is 11.5 Å². The Hall–Kier alpha value is -2.77. The standard InChI is InChI=1S/C29H36N2O5/c1-4-28-25-20-8-9-22(32)26(25)36-27(28)21(31(3)24(33)10-7-19-12-14-35-17-19)11-13-29(28,34)23(15-20)30(2)16-18-5-6-18/h7-10,12,14,17-18,21,23,27,32,34H,4-6,11,13,15-16H2,1-3H3/b10-7+/t21-,23-,27+,28+,29-/m1/s1. The summed E-state index contributed by atoms with van der Waals surface area (Å²) in [6, 6.07) is 5.24. The predicted octanol–water partition coefficient (Wildman–Crippen LogP) is 3.73. The second-order valence-corrected chi connectivity index (χ2v) is 11.3. The van der Waals surface area contributed by atoms with Crippen LogP contribution in [0.4, 0.5) is 0 Å². The fourth-order valence-corrected chi connectivity index (χ4v) is 7.47. The Morgan fingerprint density at radius 1 is 1.22 bits per heavy atom. The number of aromatic hydroxyl groups is 1. The van der Waals surface area contributed by atoms with Gasteiger partial charge in [-0.05, 0) is 75.3 Å². The van der Waals surface area contributed by atoms with E-state index in [0.717, 1.165) is 29.7 Å². The van der Waals surface area contributed by atoms with E-state index in [9.17, 15) is 15.0 Å². The molecule has 3 aliphatic carbocycles. The van der Waals surface area contributed by atoms with Gasteiger partial charge in [0.1, 0.15) is 6.10 Å². The molecule has 1 aliphatic heterocycles. The van der Waals surface area contributed by atoms with Gasteiger partial charge in [0.05, 0.1) is 29.6 Å². The normalized spacial score (nSPS) is 32.5. The summed E-state index contributed by atoms with van der Waals surface area (Å²) in [5.41, 5.74) is 1.19. The second-order valence-electron chi connectivity index (χ2n) is 11.3. The summed E-state index contributed by atoms with van der Waals surface area (Å²) in [6.07, 6.45) is 11.1. The average molecular weight is 493 g/mol. The number of nitrogens with zero attached hydrogens (tertiary/aromatic N) is 2. The molecule has 5 atom stereocenters. The summed E-state index contributed by atoms with van der Waals surface area (Å²) in [7, 11) is 3.96. The van der Waals surface area contributed by atoms with Gasteiger partial charge in [0, 0.05) is 36.8 Å². The van der Waals surface area contributed by atoms with Crippen LogP contribution in [-0.2, 0) is 16.6 Å². The van der Waals surface area contributed by atoms with Crippen molar-refractivity contribution in [2.75, 3.05) is 20.6 Å². The number of amides is 1. The smallest absolute Gasteiger partial charge is 0.246 e. The maximum Gasteiger partial charge on any atom is 0.246 e. The molecule has 36 heavy (non-hydrogen) atoms. The molecule has 7 heteroatoms. The molecule has 0 unspecified atom stereocenters. The van der Waals surface area contributed by atoms with E-state index in [2.05, 4.69) is 18.9 Å². The van der Waals surface area contributed by atoms with Gasteiger partial charge in [-0.2, -0.15) is 0 Å². The Labute approximate surface area is 212 Å². The van der Waals surface area contributed by atoms with E-state index in [1.165, 1.54) is 12.8 Å². The molecule has 1 aromatic carbocycles. The third kappa shape index (κ3) is 3.28. The minimum absolute atomic E-state index is 0.0462. The summed E-state index contributed by atoms with van der Waals surface area (Å²) in [5.74, 6) is 1.18. The van der Waals surface area contributed by atoms with Crippen LogP contribution < -0.4 is 4.74 Å². The molecule has 0 saturated heterocycles. The van der Waals surface area contributed by atoms with Gasteiger partial charge in [-0.15, -0.1) is 0 Å². The van der Waals surface area contributed by atoms with Crippen molar-refractivity contribution in [2.45, 2.75) is 74.7 Å². The van der Waals surface area contributed by atoms with E-state index in [1.54, 1.807) is 41.7 Å². The molecule has 0 bridgehead atoms. The van der Waals surface area contributed by atoms with Crippen molar-refractivity contribution in [3.8, 4) is 11.5 Å². The Bertz CT molecular complexity index is 1190. The largest absolute Gasteiger partial charge is 0.504 e. The topological polar surface area (TPSA) is 86.4 Å². The average Bonchev–Trinajstić information content (AvgIpc) is 3.37. The van der Waals surface area contributed by atoms with Crippen molar-refractivity contribution in [1.82, 2.24) is 9.80 Å². The van der Waals surface area contributed by atoms with Crippen molar-refractivity contribution < 1.29 is 24.2 Å². The van der Waals surface area contributed by atoms with E-state index in [1.807, 2.05) is 13.1 Å². The number of carbonyl (C=O) groups excluding carboxylic acids is 1. The van der Waals surface area contributed by atoms with E-state index >= 15 is 0 Å². The number of benzene rings is 1. The molecule has 1 amide bonds. The monoisotopic (exact) mass is 492 g/mol. The van der Waals surface area contributed by atoms with Gasteiger partial charge in [0.2, 0.25) is 5.91 Å². The van der Waals surface area contributed by atoms with Crippen molar-refractivity contribution in [3.63, 3.8) is 0 Å². The molecule has 192 valence electrons. The van der Waals surface area contributed by atoms with Crippen LogP contribution in [0.3, 0.4) is 0 Å². The summed E-state index contributed by atoms with van der Waals surface area (Å²) >= 11 is 0. The number of rotatable bonds is 7. The zero-order chi connectivity index (χ0) is 25.2. The van der Waals surface area contributed by atoms with Crippen LogP contribution in [0.5, 0.6) is 11.5 Å². The molecular formula is C29H36N2O5. The fourth-order valence-electron chi connectivity index (χ4n) is 7.47. The summed E-state index contributed by atoms with van der Waals surface area (Å²) < 4.78 is 11.7. The maximum atomic E-state index is 13.2. The number of ether oxygens (including phenoxy) is 1. The lowest BCUT2D eigenvalue weighted by Crippen LogP contribution is -2.74. The number of phenols is 1. The molecule has 0 radical (unpaired) electrons. The summed E-state index contributed by atoms with van der Waals surface area (Å²) in [5, 5.41) is 23.5. The zero-order valence-electron chi connectivity index (χ0n) is 21.3. The van der Waals surface area contributed by atoms with E-state index in [4.69, 9.17) is 9.15 Å². The van der Waals surface area contributed by atoms with E-state index < -0.39 is 17.1 Å². The van der Waals surface area contributed by atoms with Crippen LogP contribution in [0.25, 0.3) is 6.08 Å². The number of likely N-dealkylation sites (N-methyl/N-ethyl adjacent to an activating group) is 2. The number of furan rings is 1. The van der Waals surface area contributed by atoms with Crippen molar-refractivity contribution in [1.29, 1.82) is 0 Å². The highest BCUT2D eigenvalue weighted by molar-refractivity contribution is 5.91. The highest BCUT2D eigenvalue weighted by atomic mass is 16.5. The van der Waals surface area contributed by atoms with Crippen LogP contribution in [-0.4, -0.2) is 70.3 Å². The highest BCUT2D eigenvalue weighted by Crippen LogP contribution is 2.64. The Morgan fingerprint density at radius 2 is 2.03 bits per heavy atom. The van der Waals surface area contributed by atoms with Crippen LogP contribution in [0.1, 0.15) is 55.7 Å². The molecule has 1 aromatic heterocycles. The van der Waals surface area contributed by atoms with Crippen molar-refractivity contribution >= 4 is 12.0 Å². The second kappa shape index (κ2) is 8.38. The first kappa shape index (κ1) is 23.6. The van der Waals surface area contributed by atoms with E-state index in [0.29, 0.717) is 30.9 Å². The predicted molar refractivity (Wildman–Crippen MR) is 136 cm³/mol. The lowest BCUT2D eigenvalue weighted by atomic mass is 9.50. The SMILES string of the molecule is CC[C@]12c3c4ccc(O)c3O[C@H]1[C@H](N(C)C(=O)/C=C/c1ccoc1)CC[C@@]2(O)[C@H](N(C)CC1CC1)C4. The van der Waals surface area contributed by atoms with Crippen molar-refractivity contribution in [3.05, 3.63) is 53.5 Å². The van der Waals surface area contributed by atoms with Gasteiger partial charge < -0.3 is 24.3 Å². The minimum atomic E-state index is -1.02. The Kier molecular flexibility index (Phi) is 5.50. The van der Waals surface area contributed by atoms with Crippen molar-refractivity contribution in [2.24, 2.45) is 5.92 Å². The Balaban J connectivity index is 1.40. The summed E-state index contributed by atoms with van der Waals surface area (Å²) in [6.45, 7) is 3.09. The lowest BCUT2D eigenvalue weighted by Gasteiger charge is -2.61. The molecule has 2 aromatic rings. The summed E-state index contributed by atoms with van der Waals surface area (Å²) in [4.78, 5) is 17.3. The number of hydrogen-bond acceptors (Lipinski definition) is 6. The van der Waals surface area contributed by atoms with Gasteiger partial charge in [-0.25, -0.2) is 0 Å². The molecule has 6 rings (SSSR count). The minimum Gasteiger partial charge on any atom is -0.504 e. The molecule has 2 N–H and O–H groups in total. The maximum absolute atomic E-state index is 13.2. The Morgan fingerprint density at radius 3 is 2.72 bits per heavy atom. The number of aliphatic hydroxyl groups is 1. The molecular weight excluding hydrogens is 456 g/mol. The van der Waals surface area contributed by atoms with Gasteiger partial charge in [0.25, 0.3) is 0 Å². The first-order chi connectivity index (χ1) is 17.3. The lowest BCUT2D eigenvalue weighted by molar-refractivity contribution is -0.175. The molecule has 7 nitrogen and oxygen atoms in total. The molecule has 2 fully saturated rings. The molecule has 0 spiro atoms. The first-order valence-corrected chi connectivity index (χ1v) is 13.2. The quantitative estimate of drug-likeness (QED) is 0.573. The molecule has 2 heterocycles. The number of hydrogen-bond donors (Lipinski definition) is 2. The highest BCUT2D eigenvalue weighted by Gasteiger charge is 2.71. The van der Waals surface area contributed by atoms with E-state index in [-0.39, 0.29) is 23.7 Å². The number of carbonyl (C=O) groups is 1. The van der Waals surface area contributed by atoms with Crippen LogP contribution in [0.15, 0.2) is 41.2 Å². The van der Waals surface area contributed by atoms with Crippen LogP contribution in [0.2, 0.25) is 0 Å². The van der Waals surface area contributed by atoms with Gasteiger partial charge in [-0.1, -0.05) is 13.0 Å². The first-order valence-electron chi connectivity index (χ1n) is 13.2. The van der Waals surface area contributed by atoms with Gasteiger partial charge in [-0.3, -0.25) is 9.69 Å². The van der Waals surface area contributed by atoms with Gasteiger partial charge >= 0.3 is 0 Å². The third-order valence-corrected chi connectivity index (χ3v) is 9.45. The molecule has 4 aliphatic rings. The zero-order valence-corrected chi connectivity index (χ0v) is 21.3. The molecule has 2 saturated carbocycles.